The molecule has 0 heterocycles. The molecular weight excluding hydrogens is 374 g/mol. The molecular formula is C21H43N3O5. The first kappa shape index (κ1) is 27.0. The van der Waals surface area contributed by atoms with Crippen molar-refractivity contribution in [3.63, 3.8) is 0 Å². The third-order valence-electron chi connectivity index (χ3n) is 3.53. The molecule has 0 atom stereocenters. The third-order valence-corrected chi connectivity index (χ3v) is 3.53. The van der Waals surface area contributed by atoms with E-state index in [4.69, 9.17) is 19.9 Å². The van der Waals surface area contributed by atoms with Crippen molar-refractivity contribution in [1.82, 2.24) is 10.6 Å². The molecule has 0 aliphatic heterocycles. The van der Waals surface area contributed by atoms with Gasteiger partial charge in [0.15, 0.2) is 0 Å². The lowest BCUT2D eigenvalue weighted by molar-refractivity contribution is -0.116. The Labute approximate surface area is 178 Å². The zero-order valence-corrected chi connectivity index (χ0v) is 18.0. The number of nitrogens with two attached hydrogens (primary N) is 1. The maximum atomic E-state index is 11.8. The number of rotatable bonds is 16. The lowest BCUT2D eigenvalue weighted by Gasteiger charge is -2.08. The largest absolute Gasteiger partial charge is 0.399 e. The highest BCUT2D eigenvalue weighted by atomic mass is 16.5. The van der Waals surface area contributed by atoms with Crippen molar-refractivity contribution in [3.8, 4) is 0 Å². The van der Waals surface area contributed by atoms with Crippen molar-refractivity contribution in [1.29, 1.82) is 0 Å². The number of nitrogen functional groups attached to an aromatic ring is 1. The minimum absolute atomic E-state index is 0. The molecule has 0 aliphatic rings. The molecule has 8 nitrogen and oxygen atoms in total. The number of benzene rings is 1. The summed E-state index contributed by atoms with van der Waals surface area (Å²) in [6.07, 6.45) is 0.550. The summed E-state index contributed by atoms with van der Waals surface area (Å²) < 4.78 is 16.2. The SMILES string of the molecule is CC.CC(=O)CCNCCOCCOCCOCCNC(=O)c1ccc(N)cc1.[HH].[HH].[HH]. The molecule has 8 heteroatoms. The smallest absolute Gasteiger partial charge is 0.251 e. The second kappa shape index (κ2) is 19.3. The summed E-state index contributed by atoms with van der Waals surface area (Å²) in [5.41, 5.74) is 6.78. The van der Waals surface area contributed by atoms with Crippen LogP contribution in [-0.4, -0.2) is 71.0 Å². The first-order valence-electron chi connectivity index (χ1n) is 10.2. The van der Waals surface area contributed by atoms with Gasteiger partial charge in [-0.1, -0.05) is 13.8 Å². The molecule has 0 saturated heterocycles. The highest BCUT2D eigenvalue weighted by Gasteiger charge is 2.03. The van der Waals surface area contributed by atoms with Gasteiger partial charge in [0.05, 0.1) is 39.6 Å². The topological polar surface area (TPSA) is 112 Å². The molecule has 0 aliphatic carbocycles. The molecule has 0 unspecified atom stereocenters. The van der Waals surface area contributed by atoms with Gasteiger partial charge in [0.1, 0.15) is 5.78 Å². The van der Waals surface area contributed by atoms with E-state index in [-0.39, 0.29) is 16.0 Å². The van der Waals surface area contributed by atoms with Crippen molar-refractivity contribution in [2.45, 2.75) is 27.2 Å². The minimum Gasteiger partial charge on any atom is -0.399 e. The van der Waals surface area contributed by atoms with Gasteiger partial charge in [-0.15, -0.1) is 0 Å². The normalized spacial score (nSPS) is 10.2. The van der Waals surface area contributed by atoms with Crippen molar-refractivity contribution in [3.05, 3.63) is 29.8 Å². The first-order chi connectivity index (χ1) is 14.1. The van der Waals surface area contributed by atoms with E-state index in [1.807, 2.05) is 13.8 Å². The molecule has 1 aromatic carbocycles. The van der Waals surface area contributed by atoms with Crippen LogP contribution in [0.15, 0.2) is 24.3 Å². The first-order valence-corrected chi connectivity index (χ1v) is 10.2. The molecule has 0 aromatic heterocycles. The summed E-state index contributed by atoms with van der Waals surface area (Å²) in [4.78, 5) is 22.6. The van der Waals surface area contributed by atoms with Crippen LogP contribution in [0.5, 0.6) is 0 Å². The summed E-state index contributed by atoms with van der Waals surface area (Å²) in [6.45, 7) is 10.4. The number of anilines is 1. The van der Waals surface area contributed by atoms with Crippen LogP contribution < -0.4 is 16.4 Å². The van der Waals surface area contributed by atoms with Crippen molar-refractivity contribution in [2.24, 2.45) is 0 Å². The van der Waals surface area contributed by atoms with E-state index in [1.54, 1.807) is 31.2 Å². The van der Waals surface area contributed by atoms with Crippen LogP contribution in [0.25, 0.3) is 0 Å². The number of Topliss-reactive ketones (excluding diaryl/α,β-unsaturated/α-hetero) is 1. The number of hydrogen-bond donors (Lipinski definition) is 3. The molecule has 172 valence electrons. The van der Waals surface area contributed by atoms with Gasteiger partial charge in [0.25, 0.3) is 5.91 Å². The third kappa shape index (κ3) is 16.6. The summed E-state index contributed by atoms with van der Waals surface area (Å²) in [5, 5.41) is 5.90. The monoisotopic (exact) mass is 417 g/mol. The van der Waals surface area contributed by atoms with Gasteiger partial charge in [-0.05, 0) is 31.2 Å². The molecule has 1 aromatic rings. The van der Waals surface area contributed by atoms with Gasteiger partial charge in [-0.2, -0.15) is 0 Å². The van der Waals surface area contributed by atoms with Crippen molar-refractivity contribution in [2.75, 3.05) is 65.0 Å². The van der Waals surface area contributed by atoms with Gasteiger partial charge >= 0.3 is 0 Å². The fourth-order valence-corrected chi connectivity index (χ4v) is 2.05. The number of ketones is 1. The van der Waals surface area contributed by atoms with Crippen molar-refractivity contribution >= 4 is 17.4 Å². The van der Waals surface area contributed by atoms with Crippen molar-refractivity contribution < 1.29 is 28.1 Å². The number of carbonyl (C=O) groups is 2. The Morgan fingerprint density at radius 1 is 0.862 bits per heavy atom. The zero-order valence-electron chi connectivity index (χ0n) is 18.0. The lowest BCUT2D eigenvalue weighted by atomic mass is 10.2. The second-order valence-electron chi connectivity index (χ2n) is 5.92. The Morgan fingerprint density at radius 2 is 1.38 bits per heavy atom. The van der Waals surface area contributed by atoms with Gasteiger partial charge < -0.3 is 30.6 Å². The molecule has 29 heavy (non-hydrogen) atoms. The minimum atomic E-state index is -0.150. The number of ether oxygens (including phenoxy) is 3. The Hall–Kier alpha value is -2.00. The number of hydrogen-bond acceptors (Lipinski definition) is 7. The summed E-state index contributed by atoms with van der Waals surface area (Å²) >= 11 is 0. The average Bonchev–Trinajstić information content (AvgIpc) is 2.72. The van der Waals surface area contributed by atoms with E-state index >= 15 is 0 Å². The van der Waals surface area contributed by atoms with Crippen LogP contribution in [-0.2, 0) is 19.0 Å². The zero-order chi connectivity index (χ0) is 21.7. The molecule has 0 spiro atoms. The highest BCUT2D eigenvalue weighted by Crippen LogP contribution is 2.04. The molecule has 0 bridgehead atoms. The van der Waals surface area contributed by atoms with Crippen LogP contribution >= 0.6 is 0 Å². The lowest BCUT2D eigenvalue weighted by Crippen LogP contribution is -2.27. The summed E-state index contributed by atoms with van der Waals surface area (Å²) in [6, 6.07) is 6.75. The highest BCUT2D eigenvalue weighted by molar-refractivity contribution is 5.94. The number of carbonyl (C=O) groups excluding carboxylic acids is 2. The summed E-state index contributed by atoms with van der Waals surface area (Å²) in [7, 11) is 0. The molecule has 1 rings (SSSR count). The quantitative estimate of drug-likeness (QED) is 0.280. The van der Waals surface area contributed by atoms with Crippen LogP contribution in [0, 0.1) is 0 Å². The van der Waals surface area contributed by atoms with Crippen LogP contribution in [0.4, 0.5) is 5.69 Å². The summed E-state index contributed by atoms with van der Waals surface area (Å²) in [5.74, 6) is 0.0333. The van der Waals surface area contributed by atoms with E-state index in [1.165, 1.54) is 0 Å². The van der Waals surface area contributed by atoms with Gasteiger partial charge in [-0.3, -0.25) is 9.59 Å². The van der Waals surface area contributed by atoms with Crippen LogP contribution in [0.1, 0.15) is 41.8 Å². The van der Waals surface area contributed by atoms with E-state index in [0.717, 1.165) is 6.54 Å². The predicted molar refractivity (Wildman–Crippen MR) is 122 cm³/mol. The van der Waals surface area contributed by atoms with E-state index in [9.17, 15) is 9.59 Å². The van der Waals surface area contributed by atoms with E-state index in [0.29, 0.717) is 70.4 Å². The van der Waals surface area contributed by atoms with Crippen LogP contribution in [0.2, 0.25) is 0 Å². The maximum absolute atomic E-state index is 11.8. The Balaban J connectivity index is -0.000000761. The standard InChI is InChI=1S/C19H31N3O5.C2H6.3H2/c1-16(23)6-7-21-8-10-25-12-14-27-15-13-26-11-9-22-19(24)17-2-4-18(20)5-3-17;1-2;;;/h2-5,21H,6-15,20H2,1H3,(H,22,24);1-2H3;3*1H. The van der Waals surface area contributed by atoms with Gasteiger partial charge in [0, 0.05) is 41.6 Å². The Kier molecular flexibility index (Phi) is 18.0. The number of amides is 1. The average molecular weight is 418 g/mol. The van der Waals surface area contributed by atoms with Gasteiger partial charge in [0.2, 0.25) is 0 Å². The fourth-order valence-electron chi connectivity index (χ4n) is 2.05. The molecule has 0 saturated carbocycles. The van der Waals surface area contributed by atoms with Crippen LogP contribution in [0.3, 0.4) is 0 Å². The fraction of sp³-hybridized carbons (Fsp3) is 0.619. The molecule has 1 amide bonds. The van der Waals surface area contributed by atoms with Gasteiger partial charge in [-0.25, -0.2) is 0 Å². The predicted octanol–water partition coefficient (Wildman–Crippen LogP) is 2.38. The molecule has 0 radical (unpaired) electrons. The Bertz CT molecular complexity index is 552. The molecule has 4 N–H and O–H groups in total. The second-order valence-corrected chi connectivity index (χ2v) is 5.92. The maximum Gasteiger partial charge on any atom is 0.251 e. The van der Waals surface area contributed by atoms with E-state index < -0.39 is 0 Å². The Morgan fingerprint density at radius 3 is 1.93 bits per heavy atom. The number of nitrogens with one attached hydrogen (secondary N) is 2. The van der Waals surface area contributed by atoms with E-state index in [2.05, 4.69) is 10.6 Å². The molecule has 0 fully saturated rings.